The first-order valence-electron chi connectivity index (χ1n) is 6.08. The number of aldehydes is 1. The fourth-order valence-corrected chi connectivity index (χ4v) is 1.98. The number of halogens is 1. The Morgan fingerprint density at radius 2 is 2.10 bits per heavy atom. The number of carbonyl (C=O) groups is 1. The van der Waals surface area contributed by atoms with Crippen molar-refractivity contribution in [2.24, 2.45) is 0 Å². The molecule has 0 unspecified atom stereocenters. The first-order valence-corrected chi connectivity index (χ1v) is 6.08. The van der Waals surface area contributed by atoms with Crippen LogP contribution in [0.25, 0.3) is 21.9 Å². The van der Waals surface area contributed by atoms with Crippen LogP contribution >= 0.6 is 0 Å². The minimum atomic E-state index is -0.115. The number of hydrogen-bond acceptors (Lipinski definition) is 4. The zero-order valence-electron chi connectivity index (χ0n) is 11.0. The maximum atomic E-state index is 12.4. The number of pyridine rings is 1. The maximum Gasteiger partial charge on any atom is 0.233 e. The summed E-state index contributed by atoms with van der Waals surface area (Å²) in [4.78, 5) is 14.7. The van der Waals surface area contributed by atoms with Gasteiger partial charge in [-0.3, -0.25) is 14.9 Å². The van der Waals surface area contributed by atoms with E-state index in [1.165, 1.54) is 30.6 Å². The number of nitrogens with zero attached hydrogens (tertiary/aromatic N) is 1. The molecule has 0 fully saturated rings. The van der Waals surface area contributed by atoms with Crippen LogP contribution in [0.5, 0.6) is 5.75 Å². The molecule has 0 radical (unpaired) electrons. The molecule has 3 aromatic rings. The second kappa shape index (κ2) is 5.56. The van der Waals surface area contributed by atoms with Crippen molar-refractivity contribution in [3.05, 3.63) is 36.2 Å². The van der Waals surface area contributed by atoms with Crippen molar-refractivity contribution in [3.63, 3.8) is 0 Å². The first-order chi connectivity index (χ1) is 9.74. The predicted molar refractivity (Wildman–Crippen MR) is 69.6 cm³/mol. The molecule has 0 aliphatic carbocycles. The van der Waals surface area contributed by atoms with Crippen molar-refractivity contribution in [2.45, 2.75) is 13.8 Å². The lowest BCUT2D eigenvalue weighted by Gasteiger charge is -1.97. The van der Waals surface area contributed by atoms with E-state index in [1.54, 1.807) is 0 Å². The Kier molecular flexibility index (Phi) is 3.84. The van der Waals surface area contributed by atoms with Crippen LogP contribution in [0.2, 0.25) is 0 Å². The van der Waals surface area contributed by atoms with Crippen LogP contribution in [0.1, 0.15) is 24.2 Å². The van der Waals surface area contributed by atoms with Crippen molar-refractivity contribution in [3.8, 4) is 5.75 Å². The van der Waals surface area contributed by atoms with E-state index < -0.39 is 0 Å². The SMILES string of the molecule is CC.O=Cc1ccc(OF)c2oc3cc[n+](O)cc3c12. The fraction of sp³-hybridized carbons (Fsp3) is 0.143. The summed E-state index contributed by atoms with van der Waals surface area (Å²) in [6, 6.07) is 4.24. The number of furan rings is 1. The van der Waals surface area contributed by atoms with Crippen LogP contribution in [0, 0.1) is 0 Å². The molecule has 20 heavy (non-hydrogen) atoms. The summed E-state index contributed by atoms with van der Waals surface area (Å²) >= 11 is 0. The molecule has 1 N–H and O–H groups in total. The van der Waals surface area contributed by atoms with E-state index in [1.807, 2.05) is 13.8 Å². The van der Waals surface area contributed by atoms with Gasteiger partial charge < -0.3 is 4.42 Å². The molecule has 0 saturated heterocycles. The molecule has 0 amide bonds. The van der Waals surface area contributed by atoms with Crippen LogP contribution in [0.15, 0.2) is 35.0 Å². The molecule has 6 heteroatoms. The maximum absolute atomic E-state index is 12.4. The fourth-order valence-electron chi connectivity index (χ4n) is 1.98. The highest BCUT2D eigenvalue weighted by Crippen LogP contribution is 2.35. The summed E-state index contributed by atoms with van der Waals surface area (Å²) in [7, 11) is 0. The Hall–Kier alpha value is -2.63. The lowest BCUT2D eigenvalue weighted by molar-refractivity contribution is -0.903. The molecule has 0 aliphatic rings. The highest BCUT2D eigenvalue weighted by molar-refractivity contribution is 6.13. The van der Waals surface area contributed by atoms with E-state index in [0.717, 1.165) is 4.73 Å². The summed E-state index contributed by atoms with van der Waals surface area (Å²) in [5, 5.41) is 10.3. The number of fused-ring (bicyclic) bond motifs is 3. The van der Waals surface area contributed by atoms with Crippen molar-refractivity contribution in [2.75, 3.05) is 0 Å². The standard InChI is InChI=1S/C12H7FNO4.C2H6/c13-18-10-2-1-7(6-15)11-8-5-14(16)4-3-9(8)17-12(10)11;1-2/h1-6,16H;1-2H3/q+1;. The third kappa shape index (κ3) is 2.05. The molecular weight excluding hydrogens is 265 g/mol. The number of carbonyl (C=O) groups excluding carboxylic acids is 1. The molecular formula is C14H13FNO4+. The van der Waals surface area contributed by atoms with Crippen LogP contribution in [-0.2, 0) is 0 Å². The second-order valence-corrected chi connectivity index (χ2v) is 3.76. The zero-order valence-corrected chi connectivity index (χ0v) is 11.0. The molecule has 0 saturated carbocycles. The molecule has 0 spiro atoms. The van der Waals surface area contributed by atoms with E-state index >= 15 is 0 Å². The predicted octanol–water partition coefficient (Wildman–Crippen LogP) is 3.21. The quantitative estimate of drug-likeness (QED) is 0.444. The summed E-state index contributed by atoms with van der Waals surface area (Å²) in [6.45, 7) is 4.00. The Morgan fingerprint density at radius 1 is 1.35 bits per heavy atom. The molecule has 0 bridgehead atoms. The molecule has 104 valence electrons. The van der Waals surface area contributed by atoms with E-state index in [2.05, 4.69) is 4.94 Å². The highest BCUT2D eigenvalue weighted by Gasteiger charge is 2.18. The van der Waals surface area contributed by atoms with Crippen LogP contribution in [-0.4, -0.2) is 11.5 Å². The third-order valence-electron chi connectivity index (χ3n) is 2.75. The van der Waals surface area contributed by atoms with E-state index in [4.69, 9.17) is 4.42 Å². The molecule has 5 nitrogen and oxygen atoms in total. The topological polar surface area (TPSA) is 63.5 Å². The Labute approximate surface area is 113 Å². The van der Waals surface area contributed by atoms with Gasteiger partial charge in [0, 0.05) is 20.2 Å². The van der Waals surface area contributed by atoms with Gasteiger partial charge in [0.1, 0.15) is 5.58 Å². The number of rotatable bonds is 2. The molecule has 1 aromatic carbocycles. The first kappa shape index (κ1) is 13.8. The van der Waals surface area contributed by atoms with Gasteiger partial charge in [-0.25, -0.2) is 0 Å². The summed E-state index contributed by atoms with van der Waals surface area (Å²) in [5.41, 5.74) is 0.877. The minimum Gasteiger partial charge on any atom is -0.451 e. The minimum absolute atomic E-state index is 0.115. The van der Waals surface area contributed by atoms with Crippen LogP contribution in [0.3, 0.4) is 0 Å². The largest absolute Gasteiger partial charge is 0.451 e. The van der Waals surface area contributed by atoms with Crippen molar-refractivity contribution in [1.82, 2.24) is 0 Å². The molecule has 2 heterocycles. The highest BCUT2D eigenvalue weighted by atomic mass is 19.3. The number of benzene rings is 1. The van der Waals surface area contributed by atoms with Gasteiger partial charge in [0.15, 0.2) is 11.9 Å². The van der Waals surface area contributed by atoms with Crippen molar-refractivity contribution in [1.29, 1.82) is 0 Å². The molecule has 0 aliphatic heterocycles. The van der Waals surface area contributed by atoms with E-state index in [-0.39, 0.29) is 11.3 Å². The average Bonchev–Trinajstić information content (AvgIpc) is 2.87. The van der Waals surface area contributed by atoms with Gasteiger partial charge in [-0.1, -0.05) is 13.8 Å². The van der Waals surface area contributed by atoms with Crippen molar-refractivity contribution < 1.29 is 28.6 Å². The smallest absolute Gasteiger partial charge is 0.233 e. The zero-order chi connectivity index (χ0) is 14.7. The van der Waals surface area contributed by atoms with Crippen LogP contribution in [0.4, 0.5) is 4.53 Å². The van der Waals surface area contributed by atoms with E-state index in [0.29, 0.717) is 28.2 Å². The average molecular weight is 278 g/mol. The lowest BCUT2D eigenvalue weighted by atomic mass is 10.1. The van der Waals surface area contributed by atoms with Gasteiger partial charge in [-0.05, 0) is 12.1 Å². The van der Waals surface area contributed by atoms with E-state index in [9.17, 15) is 14.5 Å². The Balaban J connectivity index is 0.000000704. The number of aromatic nitrogens is 1. The van der Waals surface area contributed by atoms with Gasteiger partial charge in [0.2, 0.25) is 18.1 Å². The molecule has 3 rings (SSSR count). The van der Waals surface area contributed by atoms with Gasteiger partial charge in [0.05, 0.1) is 11.5 Å². The normalized spacial score (nSPS) is 10.2. The van der Waals surface area contributed by atoms with Gasteiger partial charge >= 0.3 is 0 Å². The molecule has 2 aromatic heterocycles. The van der Waals surface area contributed by atoms with Crippen LogP contribution < -0.4 is 9.67 Å². The summed E-state index contributed by atoms with van der Waals surface area (Å²) in [5.74, 6) is -0.115. The Morgan fingerprint density at radius 3 is 2.75 bits per heavy atom. The van der Waals surface area contributed by atoms with Crippen molar-refractivity contribution >= 4 is 28.2 Å². The Bertz CT molecular complexity index is 767. The van der Waals surface area contributed by atoms with Gasteiger partial charge in [-0.2, -0.15) is 0 Å². The summed E-state index contributed by atoms with van der Waals surface area (Å²) < 4.78 is 18.6. The number of hydrogen-bond donors (Lipinski definition) is 1. The second-order valence-electron chi connectivity index (χ2n) is 3.76. The third-order valence-corrected chi connectivity index (χ3v) is 2.75. The summed E-state index contributed by atoms with van der Waals surface area (Å²) in [6.07, 6.45) is 3.37. The van der Waals surface area contributed by atoms with Gasteiger partial charge in [-0.15, -0.1) is 0 Å². The lowest BCUT2D eigenvalue weighted by Crippen LogP contribution is -2.27. The van der Waals surface area contributed by atoms with Gasteiger partial charge in [0.25, 0.3) is 0 Å². The molecule has 0 atom stereocenters. The monoisotopic (exact) mass is 278 g/mol.